The Kier molecular flexibility index (Phi) is 4.72. The Morgan fingerprint density at radius 1 is 1.14 bits per heavy atom. The first-order valence-corrected chi connectivity index (χ1v) is 7.85. The number of hydrogen-bond acceptors (Lipinski definition) is 3. The highest BCUT2D eigenvalue weighted by Gasteiger charge is 2.19. The third kappa shape index (κ3) is 3.87. The van der Waals surface area contributed by atoms with Gasteiger partial charge in [-0.3, -0.25) is 0 Å². The summed E-state index contributed by atoms with van der Waals surface area (Å²) < 4.78 is 40.3. The Labute approximate surface area is 123 Å². The minimum absolute atomic E-state index is 0.0762. The molecule has 0 spiro atoms. The molecule has 0 unspecified atom stereocenters. The van der Waals surface area contributed by atoms with Gasteiger partial charge in [0, 0.05) is 6.54 Å². The van der Waals surface area contributed by atoms with Crippen molar-refractivity contribution in [2.45, 2.75) is 25.0 Å². The van der Waals surface area contributed by atoms with Crippen LogP contribution in [0.1, 0.15) is 16.7 Å². The van der Waals surface area contributed by atoms with Gasteiger partial charge in [-0.1, -0.05) is 35.9 Å². The summed E-state index contributed by atoms with van der Waals surface area (Å²) in [4.78, 5) is -0.457. The molecule has 0 saturated carbocycles. The zero-order valence-electron chi connectivity index (χ0n) is 11.5. The van der Waals surface area contributed by atoms with Crippen molar-refractivity contribution < 1.29 is 17.9 Å². The van der Waals surface area contributed by atoms with Crippen LogP contribution in [0.4, 0.5) is 4.39 Å². The van der Waals surface area contributed by atoms with E-state index in [1.807, 2.05) is 25.1 Å². The number of aliphatic hydroxyl groups is 1. The van der Waals surface area contributed by atoms with E-state index in [0.717, 1.165) is 23.3 Å². The first kappa shape index (κ1) is 15.6. The summed E-state index contributed by atoms with van der Waals surface area (Å²) in [6, 6.07) is 10.9. The Balaban J connectivity index is 2.22. The van der Waals surface area contributed by atoms with Crippen molar-refractivity contribution in [1.82, 2.24) is 4.72 Å². The standard InChI is InChI=1S/C15H16FNO3S/c1-11-3-2-4-12(7-11)9-17-21(19,20)15-8-13(10-18)5-6-14(15)16/h2-8,17-18H,9-10H2,1H3. The third-order valence-electron chi connectivity index (χ3n) is 3.02. The lowest BCUT2D eigenvalue weighted by Gasteiger charge is -2.09. The summed E-state index contributed by atoms with van der Waals surface area (Å²) in [6.45, 7) is 1.63. The summed E-state index contributed by atoms with van der Waals surface area (Å²) in [7, 11) is -3.97. The predicted octanol–water partition coefficient (Wildman–Crippen LogP) is 2.10. The molecule has 0 bridgehead atoms. The highest BCUT2D eigenvalue weighted by atomic mass is 32.2. The van der Waals surface area contributed by atoms with Crippen LogP contribution in [0, 0.1) is 12.7 Å². The van der Waals surface area contributed by atoms with Gasteiger partial charge >= 0.3 is 0 Å². The van der Waals surface area contributed by atoms with Gasteiger partial charge in [0.05, 0.1) is 6.61 Å². The van der Waals surface area contributed by atoms with E-state index in [2.05, 4.69) is 4.72 Å². The molecule has 0 saturated heterocycles. The van der Waals surface area contributed by atoms with Crippen LogP contribution in [0.5, 0.6) is 0 Å². The highest BCUT2D eigenvalue weighted by Crippen LogP contribution is 2.17. The van der Waals surface area contributed by atoms with E-state index >= 15 is 0 Å². The smallest absolute Gasteiger partial charge is 0.243 e. The van der Waals surface area contributed by atoms with Gasteiger partial charge in [0.1, 0.15) is 10.7 Å². The monoisotopic (exact) mass is 309 g/mol. The lowest BCUT2D eigenvalue weighted by molar-refractivity contribution is 0.281. The van der Waals surface area contributed by atoms with Gasteiger partial charge < -0.3 is 5.11 Å². The van der Waals surface area contributed by atoms with Crippen molar-refractivity contribution in [3.05, 3.63) is 65.0 Å². The van der Waals surface area contributed by atoms with Crippen LogP contribution in [0.2, 0.25) is 0 Å². The van der Waals surface area contributed by atoms with Gasteiger partial charge in [-0.25, -0.2) is 17.5 Å². The number of aryl methyl sites for hydroxylation is 1. The number of hydrogen-bond donors (Lipinski definition) is 2. The average molecular weight is 309 g/mol. The van der Waals surface area contributed by atoms with E-state index in [0.29, 0.717) is 5.56 Å². The summed E-state index contributed by atoms with van der Waals surface area (Å²) in [5, 5.41) is 9.02. The second kappa shape index (κ2) is 6.34. The van der Waals surface area contributed by atoms with Crippen molar-refractivity contribution in [3.63, 3.8) is 0 Å². The summed E-state index contributed by atoms with van der Waals surface area (Å²) in [5.74, 6) is -0.844. The molecule has 21 heavy (non-hydrogen) atoms. The number of nitrogens with one attached hydrogen (secondary N) is 1. The summed E-state index contributed by atoms with van der Waals surface area (Å²) >= 11 is 0. The molecule has 0 aliphatic rings. The van der Waals surface area contributed by atoms with E-state index in [1.165, 1.54) is 6.07 Å². The first-order valence-electron chi connectivity index (χ1n) is 6.37. The molecule has 0 aliphatic heterocycles. The molecule has 0 atom stereocenters. The van der Waals surface area contributed by atoms with Gasteiger partial charge in [-0.15, -0.1) is 0 Å². The maximum absolute atomic E-state index is 13.7. The molecule has 0 aliphatic carbocycles. The Morgan fingerprint density at radius 3 is 2.57 bits per heavy atom. The number of rotatable bonds is 5. The lowest BCUT2D eigenvalue weighted by atomic mass is 10.1. The lowest BCUT2D eigenvalue weighted by Crippen LogP contribution is -2.24. The maximum Gasteiger partial charge on any atom is 0.243 e. The second-order valence-electron chi connectivity index (χ2n) is 4.74. The Bertz CT molecular complexity index is 744. The quantitative estimate of drug-likeness (QED) is 0.889. The van der Waals surface area contributed by atoms with Crippen molar-refractivity contribution in [2.75, 3.05) is 0 Å². The van der Waals surface area contributed by atoms with E-state index in [1.54, 1.807) is 6.07 Å². The molecule has 4 nitrogen and oxygen atoms in total. The number of sulfonamides is 1. The van der Waals surface area contributed by atoms with Crippen LogP contribution >= 0.6 is 0 Å². The zero-order valence-corrected chi connectivity index (χ0v) is 12.3. The van der Waals surface area contributed by atoms with Crippen LogP contribution < -0.4 is 4.72 Å². The van der Waals surface area contributed by atoms with E-state index in [-0.39, 0.29) is 13.2 Å². The van der Waals surface area contributed by atoms with Crippen LogP contribution in [-0.4, -0.2) is 13.5 Å². The number of benzene rings is 2. The third-order valence-corrected chi connectivity index (χ3v) is 4.43. The highest BCUT2D eigenvalue weighted by molar-refractivity contribution is 7.89. The molecule has 112 valence electrons. The van der Waals surface area contributed by atoms with Gasteiger partial charge in [-0.05, 0) is 30.2 Å². The van der Waals surface area contributed by atoms with E-state index in [4.69, 9.17) is 5.11 Å². The van der Waals surface area contributed by atoms with Crippen LogP contribution in [0.15, 0.2) is 47.4 Å². The van der Waals surface area contributed by atoms with Crippen molar-refractivity contribution >= 4 is 10.0 Å². The van der Waals surface area contributed by atoms with E-state index < -0.39 is 20.7 Å². The molecule has 0 amide bonds. The van der Waals surface area contributed by atoms with Gasteiger partial charge in [0.15, 0.2) is 0 Å². The molecule has 6 heteroatoms. The summed E-state index contributed by atoms with van der Waals surface area (Å²) in [5.41, 5.74) is 2.14. The Morgan fingerprint density at radius 2 is 1.90 bits per heavy atom. The molecule has 2 rings (SSSR count). The van der Waals surface area contributed by atoms with Crippen molar-refractivity contribution in [3.8, 4) is 0 Å². The molecular weight excluding hydrogens is 293 g/mol. The SMILES string of the molecule is Cc1cccc(CNS(=O)(=O)c2cc(CO)ccc2F)c1. The maximum atomic E-state index is 13.7. The fourth-order valence-corrected chi connectivity index (χ4v) is 3.07. The molecule has 2 N–H and O–H groups in total. The van der Waals surface area contributed by atoms with Gasteiger partial charge in [-0.2, -0.15) is 0 Å². The van der Waals surface area contributed by atoms with Gasteiger partial charge in [0.25, 0.3) is 0 Å². The molecule has 0 aromatic heterocycles. The first-order chi connectivity index (χ1) is 9.92. The molecular formula is C15H16FNO3S. The normalized spacial score (nSPS) is 11.6. The van der Waals surface area contributed by atoms with Crippen molar-refractivity contribution in [2.24, 2.45) is 0 Å². The largest absolute Gasteiger partial charge is 0.392 e. The second-order valence-corrected chi connectivity index (χ2v) is 6.47. The van der Waals surface area contributed by atoms with Crippen molar-refractivity contribution in [1.29, 1.82) is 0 Å². The van der Waals surface area contributed by atoms with Crippen LogP contribution in [0.3, 0.4) is 0 Å². The average Bonchev–Trinajstić information content (AvgIpc) is 2.46. The minimum Gasteiger partial charge on any atom is -0.392 e. The molecule has 0 fully saturated rings. The fraction of sp³-hybridized carbons (Fsp3) is 0.200. The molecule has 2 aromatic rings. The van der Waals surface area contributed by atoms with E-state index in [9.17, 15) is 12.8 Å². The number of halogens is 1. The molecule has 0 radical (unpaired) electrons. The minimum atomic E-state index is -3.97. The summed E-state index contributed by atoms with van der Waals surface area (Å²) in [6.07, 6.45) is 0. The molecule has 2 aromatic carbocycles. The topological polar surface area (TPSA) is 66.4 Å². The van der Waals surface area contributed by atoms with Crippen LogP contribution in [-0.2, 0) is 23.2 Å². The zero-order chi connectivity index (χ0) is 15.5. The fourth-order valence-electron chi connectivity index (χ4n) is 1.93. The molecule has 0 heterocycles. The Hall–Kier alpha value is -1.76. The van der Waals surface area contributed by atoms with Crippen LogP contribution in [0.25, 0.3) is 0 Å². The number of aliphatic hydroxyl groups excluding tert-OH is 1. The predicted molar refractivity (Wildman–Crippen MR) is 77.5 cm³/mol. The van der Waals surface area contributed by atoms with Gasteiger partial charge in [0.2, 0.25) is 10.0 Å².